The number of nitrogens with zero attached hydrogens (tertiary/aromatic N) is 5. The number of fused-ring (bicyclic) bond motifs is 1. The zero-order valence-electron chi connectivity index (χ0n) is 16.5. The van der Waals surface area contributed by atoms with Crippen LogP contribution in [-0.2, 0) is 17.9 Å². The van der Waals surface area contributed by atoms with Crippen LogP contribution in [0.4, 0.5) is 5.13 Å². The van der Waals surface area contributed by atoms with E-state index in [0.29, 0.717) is 27.9 Å². The summed E-state index contributed by atoms with van der Waals surface area (Å²) < 4.78 is 1.07. The first-order chi connectivity index (χ1) is 14.0. The summed E-state index contributed by atoms with van der Waals surface area (Å²) in [5.74, 6) is 1.04. The Kier molecular flexibility index (Phi) is 5.68. The fourth-order valence-electron chi connectivity index (χ4n) is 4.01. The van der Waals surface area contributed by atoms with E-state index in [-0.39, 0.29) is 18.0 Å². The normalized spacial score (nSPS) is 20.1. The molecular weight excluding hydrogens is 388 g/mol. The van der Waals surface area contributed by atoms with Crippen LogP contribution in [0.15, 0.2) is 34.4 Å². The first-order valence-corrected chi connectivity index (χ1v) is 10.6. The minimum atomic E-state index is -0.349. The van der Waals surface area contributed by atoms with Crippen LogP contribution in [0.3, 0.4) is 0 Å². The van der Waals surface area contributed by atoms with E-state index in [1.165, 1.54) is 17.8 Å². The van der Waals surface area contributed by atoms with E-state index in [1.807, 2.05) is 5.38 Å². The number of thiazole rings is 1. The standard InChI is InChI=1S/C20H24N6O2S/c1-13-7-14(2)9-25(8-13)10-15-12-29-20(21-15)22-18(27)11-26-19(28)16-5-3-4-6-17(16)23-24-26/h3-6,12-14H,7-11H2,1-2H3,(H,21,22,27). The predicted molar refractivity (Wildman–Crippen MR) is 113 cm³/mol. The quantitative estimate of drug-likeness (QED) is 0.692. The lowest BCUT2D eigenvalue weighted by Crippen LogP contribution is -2.38. The van der Waals surface area contributed by atoms with Gasteiger partial charge in [0.15, 0.2) is 5.13 Å². The van der Waals surface area contributed by atoms with Gasteiger partial charge in [0, 0.05) is 25.0 Å². The van der Waals surface area contributed by atoms with Crippen LogP contribution >= 0.6 is 11.3 Å². The molecule has 1 aromatic carbocycles. The molecule has 9 heteroatoms. The van der Waals surface area contributed by atoms with E-state index in [9.17, 15) is 9.59 Å². The summed E-state index contributed by atoms with van der Waals surface area (Å²) in [7, 11) is 0. The Morgan fingerprint density at radius 2 is 2.00 bits per heavy atom. The van der Waals surface area contributed by atoms with Crippen LogP contribution < -0.4 is 10.9 Å². The number of piperidine rings is 1. The first-order valence-electron chi connectivity index (χ1n) is 9.77. The van der Waals surface area contributed by atoms with Gasteiger partial charge in [-0.1, -0.05) is 31.2 Å². The van der Waals surface area contributed by atoms with E-state index in [2.05, 4.69) is 39.4 Å². The Balaban J connectivity index is 1.38. The van der Waals surface area contributed by atoms with Crippen molar-refractivity contribution >= 4 is 33.3 Å². The number of benzene rings is 1. The number of amides is 1. The number of aromatic nitrogens is 4. The second-order valence-electron chi connectivity index (χ2n) is 7.90. The Labute approximate surface area is 172 Å². The molecule has 2 aromatic heterocycles. The van der Waals surface area contributed by atoms with Gasteiger partial charge in [-0.25, -0.2) is 9.67 Å². The summed E-state index contributed by atoms with van der Waals surface area (Å²) in [4.78, 5) is 31.8. The summed E-state index contributed by atoms with van der Waals surface area (Å²) in [5, 5.41) is 13.6. The van der Waals surface area contributed by atoms with Gasteiger partial charge in [-0.3, -0.25) is 14.5 Å². The maximum atomic E-state index is 12.5. The third-order valence-electron chi connectivity index (χ3n) is 5.05. The van der Waals surface area contributed by atoms with E-state index in [0.717, 1.165) is 30.0 Å². The SMILES string of the molecule is CC1CC(C)CN(Cc2csc(NC(=O)Cn3nnc4ccccc4c3=O)n2)C1. The second-order valence-corrected chi connectivity index (χ2v) is 8.76. The van der Waals surface area contributed by atoms with E-state index in [4.69, 9.17) is 0 Å². The topological polar surface area (TPSA) is 93.0 Å². The van der Waals surface area contributed by atoms with Gasteiger partial charge in [0.2, 0.25) is 5.91 Å². The van der Waals surface area contributed by atoms with Crippen molar-refractivity contribution in [2.24, 2.45) is 11.8 Å². The molecule has 0 radical (unpaired) electrons. The lowest BCUT2D eigenvalue weighted by Gasteiger charge is -2.34. The van der Waals surface area contributed by atoms with Gasteiger partial charge in [0.1, 0.15) is 12.1 Å². The summed E-state index contributed by atoms with van der Waals surface area (Å²) in [5.41, 5.74) is 1.13. The Morgan fingerprint density at radius 3 is 2.79 bits per heavy atom. The second kappa shape index (κ2) is 8.38. The lowest BCUT2D eigenvalue weighted by atomic mass is 9.92. The number of hydrogen-bond acceptors (Lipinski definition) is 7. The largest absolute Gasteiger partial charge is 0.300 e. The average molecular weight is 413 g/mol. The molecule has 2 unspecified atom stereocenters. The molecule has 29 heavy (non-hydrogen) atoms. The molecule has 1 fully saturated rings. The first kappa shape index (κ1) is 19.7. The summed E-state index contributed by atoms with van der Waals surface area (Å²) in [6, 6.07) is 6.95. The molecule has 3 aromatic rings. The van der Waals surface area contributed by atoms with Crippen molar-refractivity contribution in [1.82, 2.24) is 24.9 Å². The van der Waals surface area contributed by atoms with Crippen molar-refractivity contribution in [3.05, 3.63) is 45.7 Å². The highest BCUT2D eigenvalue weighted by molar-refractivity contribution is 7.13. The van der Waals surface area contributed by atoms with Crippen molar-refractivity contribution in [3.63, 3.8) is 0 Å². The Hall–Kier alpha value is -2.65. The van der Waals surface area contributed by atoms with Gasteiger partial charge in [-0.15, -0.1) is 16.4 Å². The van der Waals surface area contributed by atoms with Crippen molar-refractivity contribution in [3.8, 4) is 0 Å². The molecule has 8 nitrogen and oxygen atoms in total. The van der Waals surface area contributed by atoms with E-state index < -0.39 is 0 Å². The highest BCUT2D eigenvalue weighted by Gasteiger charge is 2.22. The van der Waals surface area contributed by atoms with Crippen LogP contribution in [-0.4, -0.2) is 43.9 Å². The van der Waals surface area contributed by atoms with E-state index >= 15 is 0 Å². The minimum absolute atomic E-state index is 0.202. The van der Waals surface area contributed by atoms with Gasteiger partial charge in [0.25, 0.3) is 5.56 Å². The zero-order valence-corrected chi connectivity index (χ0v) is 17.4. The Morgan fingerprint density at radius 1 is 1.24 bits per heavy atom. The van der Waals surface area contributed by atoms with Gasteiger partial charge >= 0.3 is 0 Å². The van der Waals surface area contributed by atoms with Gasteiger partial charge in [-0.05, 0) is 30.4 Å². The molecule has 0 saturated carbocycles. The number of rotatable bonds is 5. The van der Waals surface area contributed by atoms with Crippen molar-refractivity contribution < 1.29 is 4.79 Å². The monoisotopic (exact) mass is 412 g/mol. The minimum Gasteiger partial charge on any atom is -0.300 e. The van der Waals surface area contributed by atoms with Gasteiger partial charge in [0.05, 0.1) is 11.1 Å². The van der Waals surface area contributed by atoms with Crippen molar-refractivity contribution in [2.75, 3.05) is 18.4 Å². The highest BCUT2D eigenvalue weighted by Crippen LogP contribution is 2.24. The zero-order chi connectivity index (χ0) is 20.4. The van der Waals surface area contributed by atoms with Crippen LogP contribution in [0.5, 0.6) is 0 Å². The molecule has 1 saturated heterocycles. The molecule has 4 rings (SSSR count). The third-order valence-corrected chi connectivity index (χ3v) is 5.86. The molecule has 0 bridgehead atoms. The van der Waals surface area contributed by atoms with Crippen LogP contribution in [0.1, 0.15) is 26.0 Å². The molecule has 2 atom stereocenters. The van der Waals surface area contributed by atoms with Crippen LogP contribution in [0, 0.1) is 11.8 Å². The fourth-order valence-corrected chi connectivity index (χ4v) is 4.73. The molecular formula is C20H24N6O2S. The lowest BCUT2D eigenvalue weighted by molar-refractivity contribution is -0.117. The summed E-state index contributed by atoms with van der Waals surface area (Å²) in [6.45, 7) is 7.31. The molecule has 1 amide bonds. The maximum absolute atomic E-state index is 12.5. The summed E-state index contributed by atoms with van der Waals surface area (Å²) in [6.07, 6.45) is 1.27. The molecule has 152 valence electrons. The number of carbonyl (C=O) groups excluding carboxylic acids is 1. The van der Waals surface area contributed by atoms with Crippen molar-refractivity contribution in [1.29, 1.82) is 0 Å². The van der Waals surface area contributed by atoms with Gasteiger partial charge < -0.3 is 5.32 Å². The number of likely N-dealkylation sites (tertiary alicyclic amines) is 1. The van der Waals surface area contributed by atoms with Crippen LogP contribution in [0.2, 0.25) is 0 Å². The highest BCUT2D eigenvalue weighted by atomic mass is 32.1. The summed E-state index contributed by atoms with van der Waals surface area (Å²) >= 11 is 1.39. The molecule has 3 heterocycles. The molecule has 0 spiro atoms. The number of hydrogen-bond donors (Lipinski definition) is 1. The average Bonchev–Trinajstić information content (AvgIpc) is 3.10. The number of nitrogens with one attached hydrogen (secondary N) is 1. The Bertz CT molecular complexity index is 1070. The fraction of sp³-hybridized carbons (Fsp3) is 0.450. The van der Waals surface area contributed by atoms with Crippen molar-refractivity contribution in [2.45, 2.75) is 33.4 Å². The van der Waals surface area contributed by atoms with Crippen LogP contribution in [0.25, 0.3) is 10.9 Å². The molecule has 1 aliphatic heterocycles. The molecule has 0 aliphatic carbocycles. The van der Waals surface area contributed by atoms with Gasteiger partial charge in [-0.2, -0.15) is 0 Å². The predicted octanol–water partition coefficient (Wildman–Crippen LogP) is 2.36. The maximum Gasteiger partial charge on any atom is 0.278 e. The number of carbonyl (C=O) groups is 1. The molecule has 1 N–H and O–H groups in total. The third kappa shape index (κ3) is 4.68. The smallest absolute Gasteiger partial charge is 0.278 e. The number of anilines is 1. The molecule has 1 aliphatic rings. The van der Waals surface area contributed by atoms with E-state index in [1.54, 1.807) is 24.3 Å².